The van der Waals surface area contributed by atoms with Crippen LogP contribution >= 0.6 is 11.6 Å². The molecular formula is C26H19ClN2O5. The van der Waals surface area contributed by atoms with Crippen molar-refractivity contribution in [1.82, 2.24) is 9.97 Å². The first kappa shape index (κ1) is 22.9. The van der Waals surface area contributed by atoms with Crippen LogP contribution in [0.15, 0.2) is 54.6 Å². The highest BCUT2D eigenvalue weighted by Gasteiger charge is 2.13. The summed E-state index contributed by atoms with van der Waals surface area (Å²) in [6.45, 7) is 3.16. The monoisotopic (exact) mass is 474 g/mol. The second-order valence-electron chi connectivity index (χ2n) is 7.33. The van der Waals surface area contributed by atoms with Gasteiger partial charge in [0.1, 0.15) is 11.5 Å². The standard InChI is InChI=1S/C26H19ClN2O5/c1-15-4-9-20(13-21(15)25(31)32-3)34-26-28-23-12-18(22(27)14-24(23)29-26)8-5-17-6-10-19(11-7-17)33-16(2)30/h4,6-7,9-14H,1-3H3,(H,28,29). The van der Waals surface area contributed by atoms with Gasteiger partial charge in [-0.3, -0.25) is 4.79 Å². The molecule has 0 aliphatic heterocycles. The van der Waals surface area contributed by atoms with Crippen LogP contribution in [0.25, 0.3) is 11.0 Å². The molecule has 170 valence electrons. The fraction of sp³-hybridized carbons (Fsp3) is 0.115. The number of fused-ring (bicyclic) bond motifs is 1. The van der Waals surface area contributed by atoms with Gasteiger partial charge in [-0.05, 0) is 61.0 Å². The topological polar surface area (TPSA) is 90.5 Å². The van der Waals surface area contributed by atoms with E-state index in [1.165, 1.54) is 14.0 Å². The van der Waals surface area contributed by atoms with Crippen molar-refractivity contribution in [1.29, 1.82) is 0 Å². The van der Waals surface area contributed by atoms with Gasteiger partial charge in [-0.15, -0.1) is 0 Å². The molecule has 1 heterocycles. The van der Waals surface area contributed by atoms with Gasteiger partial charge < -0.3 is 19.2 Å². The third-order valence-corrected chi connectivity index (χ3v) is 5.15. The first-order valence-corrected chi connectivity index (χ1v) is 10.6. The Morgan fingerprint density at radius 1 is 1.00 bits per heavy atom. The van der Waals surface area contributed by atoms with Crippen molar-refractivity contribution in [3.05, 3.63) is 81.9 Å². The number of H-pyrrole nitrogens is 1. The zero-order valence-electron chi connectivity index (χ0n) is 18.6. The summed E-state index contributed by atoms with van der Waals surface area (Å²) in [6, 6.07) is 15.7. The SMILES string of the molecule is COC(=O)c1cc(Oc2nc3cc(Cl)c(C#Cc4ccc(OC(C)=O)cc4)cc3[nH]2)ccc1C. The zero-order chi connectivity index (χ0) is 24.2. The van der Waals surface area contributed by atoms with E-state index in [0.717, 1.165) is 11.1 Å². The number of benzene rings is 3. The maximum atomic E-state index is 11.9. The third-order valence-electron chi connectivity index (χ3n) is 4.84. The highest BCUT2D eigenvalue weighted by atomic mass is 35.5. The van der Waals surface area contributed by atoms with Crippen LogP contribution in [0.3, 0.4) is 0 Å². The highest BCUT2D eigenvalue weighted by Crippen LogP contribution is 2.27. The van der Waals surface area contributed by atoms with Gasteiger partial charge in [0.25, 0.3) is 6.01 Å². The average molecular weight is 475 g/mol. The lowest BCUT2D eigenvalue weighted by atomic mass is 10.1. The maximum absolute atomic E-state index is 11.9. The summed E-state index contributed by atoms with van der Waals surface area (Å²) in [6.07, 6.45) is 0. The Balaban J connectivity index is 1.57. The van der Waals surface area contributed by atoms with Gasteiger partial charge in [-0.1, -0.05) is 29.5 Å². The van der Waals surface area contributed by atoms with Crippen molar-refractivity contribution in [3.8, 4) is 29.4 Å². The molecule has 0 aliphatic rings. The minimum absolute atomic E-state index is 0.247. The summed E-state index contributed by atoms with van der Waals surface area (Å²) in [5.41, 5.74) is 3.83. The van der Waals surface area contributed by atoms with Gasteiger partial charge in [-0.25, -0.2) is 4.79 Å². The molecule has 34 heavy (non-hydrogen) atoms. The lowest BCUT2D eigenvalue weighted by molar-refractivity contribution is -0.131. The van der Waals surface area contributed by atoms with Crippen LogP contribution in [0, 0.1) is 18.8 Å². The number of esters is 2. The summed E-state index contributed by atoms with van der Waals surface area (Å²) in [5, 5.41) is 0.442. The van der Waals surface area contributed by atoms with Gasteiger partial charge in [0, 0.05) is 18.1 Å². The molecule has 0 aliphatic carbocycles. The van der Waals surface area contributed by atoms with E-state index in [0.29, 0.717) is 38.7 Å². The molecule has 0 radical (unpaired) electrons. The van der Waals surface area contributed by atoms with Crippen molar-refractivity contribution < 1.29 is 23.8 Å². The second-order valence-corrected chi connectivity index (χ2v) is 7.74. The largest absolute Gasteiger partial charge is 0.465 e. The molecule has 7 nitrogen and oxygen atoms in total. The molecule has 1 N–H and O–H groups in total. The van der Waals surface area contributed by atoms with E-state index in [1.54, 1.807) is 54.6 Å². The second kappa shape index (κ2) is 9.69. The molecule has 0 amide bonds. The molecule has 4 aromatic rings. The summed E-state index contributed by atoms with van der Waals surface area (Å²) < 4.78 is 15.6. The number of aryl methyl sites for hydroxylation is 1. The van der Waals surface area contributed by atoms with Crippen LogP contribution in [0.1, 0.15) is 34.0 Å². The van der Waals surface area contributed by atoms with Crippen molar-refractivity contribution >= 4 is 34.6 Å². The number of halogens is 1. The number of nitrogens with one attached hydrogen (secondary N) is 1. The minimum atomic E-state index is -0.441. The number of aromatic amines is 1. The molecule has 0 atom stereocenters. The van der Waals surface area contributed by atoms with E-state index in [9.17, 15) is 9.59 Å². The lowest BCUT2D eigenvalue weighted by Gasteiger charge is -2.07. The Morgan fingerprint density at radius 3 is 2.44 bits per heavy atom. The number of imidazole rings is 1. The number of hydrogen-bond donors (Lipinski definition) is 1. The summed E-state index contributed by atoms with van der Waals surface area (Å²) in [5.74, 6) is 6.15. The molecule has 0 bridgehead atoms. The number of carbonyl (C=O) groups excluding carboxylic acids is 2. The van der Waals surface area contributed by atoms with E-state index in [-0.39, 0.29) is 12.0 Å². The number of rotatable bonds is 4. The normalized spacial score (nSPS) is 10.4. The van der Waals surface area contributed by atoms with Crippen molar-refractivity contribution in [3.63, 3.8) is 0 Å². The Hall–Kier alpha value is -4.28. The predicted molar refractivity (Wildman–Crippen MR) is 127 cm³/mol. The predicted octanol–water partition coefficient (Wildman–Crippen LogP) is 5.43. The van der Waals surface area contributed by atoms with Gasteiger partial charge in [0.05, 0.1) is 28.7 Å². The number of hydrogen-bond acceptors (Lipinski definition) is 6. The van der Waals surface area contributed by atoms with E-state index in [1.807, 2.05) is 6.92 Å². The smallest absolute Gasteiger partial charge is 0.338 e. The van der Waals surface area contributed by atoms with Crippen LogP contribution in [0.5, 0.6) is 17.5 Å². The van der Waals surface area contributed by atoms with Crippen molar-refractivity contribution in [2.75, 3.05) is 7.11 Å². The number of nitrogens with zero attached hydrogens (tertiary/aromatic N) is 1. The number of carbonyl (C=O) groups is 2. The lowest BCUT2D eigenvalue weighted by Crippen LogP contribution is -2.04. The summed E-state index contributed by atoms with van der Waals surface area (Å²) in [4.78, 5) is 30.5. The van der Waals surface area contributed by atoms with Gasteiger partial charge in [0.2, 0.25) is 0 Å². The van der Waals surface area contributed by atoms with E-state index in [4.69, 9.17) is 25.8 Å². The molecule has 0 saturated carbocycles. The quantitative estimate of drug-likeness (QED) is 0.241. The van der Waals surface area contributed by atoms with Crippen LogP contribution in [-0.4, -0.2) is 29.0 Å². The first-order chi connectivity index (χ1) is 16.3. The maximum Gasteiger partial charge on any atom is 0.338 e. The van der Waals surface area contributed by atoms with Crippen LogP contribution in [-0.2, 0) is 9.53 Å². The zero-order valence-corrected chi connectivity index (χ0v) is 19.3. The fourth-order valence-corrected chi connectivity index (χ4v) is 3.38. The van der Waals surface area contributed by atoms with E-state index < -0.39 is 5.97 Å². The number of methoxy groups -OCH3 is 1. The van der Waals surface area contributed by atoms with Crippen LogP contribution in [0.2, 0.25) is 5.02 Å². The Bertz CT molecular complexity index is 1460. The molecule has 0 spiro atoms. The average Bonchev–Trinajstić information content (AvgIpc) is 3.19. The van der Waals surface area contributed by atoms with Crippen molar-refractivity contribution in [2.24, 2.45) is 0 Å². The molecule has 4 rings (SSSR count). The fourth-order valence-electron chi connectivity index (χ4n) is 3.17. The molecule has 0 saturated heterocycles. The van der Waals surface area contributed by atoms with Crippen molar-refractivity contribution in [2.45, 2.75) is 13.8 Å². The minimum Gasteiger partial charge on any atom is -0.465 e. The Morgan fingerprint density at radius 2 is 1.74 bits per heavy atom. The molecule has 3 aromatic carbocycles. The molecule has 1 aromatic heterocycles. The van der Waals surface area contributed by atoms with Gasteiger partial charge in [-0.2, -0.15) is 4.98 Å². The van der Waals surface area contributed by atoms with Gasteiger partial charge in [0.15, 0.2) is 0 Å². The van der Waals surface area contributed by atoms with Crippen LogP contribution in [0.4, 0.5) is 0 Å². The molecule has 8 heteroatoms. The summed E-state index contributed by atoms with van der Waals surface area (Å²) in [7, 11) is 1.33. The van der Waals surface area contributed by atoms with E-state index >= 15 is 0 Å². The first-order valence-electron chi connectivity index (χ1n) is 10.2. The Labute approximate surface area is 200 Å². The number of ether oxygens (including phenoxy) is 3. The molecule has 0 unspecified atom stereocenters. The Kier molecular flexibility index (Phi) is 6.53. The van der Waals surface area contributed by atoms with Gasteiger partial charge >= 0.3 is 11.9 Å². The number of aromatic nitrogens is 2. The van der Waals surface area contributed by atoms with E-state index in [2.05, 4.69) is 21.8 Å². The molecular weight excluding hydrogens is 456 g/mol. The summed E-state index contributed by atoms with van der Waals surface area (Å²) >= 11 is 6.40. The molecule has 0 fully saturated rings. The third kappa shape index (κ3) is 5.20. The highest BCUT2D eigenvalue weighted by molar-refractivity contribution is 6.32. The van der Waals surface area contributed by atoms with Crippen LogP contribution < -0.4 is 9.47 Å².